The summed E-state index contributed by atoms with van der Waals surface area (Å²) in [5.74, 6) is -0.0237. The first-order chi connectivity index (χ1) is 11.3. The van der Waals surface area contributed by atoms with Gasteiger partial charge >= 0.3 is 0 Å². The molecule has 2 heterocycles. The molecule has 3 rings (SSSR count). The van der Waals surface area contributed by atoms with Crippen LogP contribution in [0.4, 0.5) is 5.69 Å². The van der Waals surface area contributed by atoms with Crippen molar-refractivity contribution in [3.8, 4) is 0 Å². The van der Waals surface area contributed by atoms with Crippen LogP contribution in [0.3, 0.4) is 0 Å². The van der Waals surface area contributed by atoms with E-state index in [4.69, 9.17) is 0 Å². The summed E-state index contributed by atoms with van der Waals surface area (Å²) in [6, 6.07) is 10.1. The van der Waals surface area contributed by atoms with Gasteiger partial charge in [-0.2, -0.15) is 10.2 Å². The fourth-order valence-electron chi connectivity index (χ4n) is 2.26. The molecule has 0 aliphatic carbocycles. The van der Waals surface area contributed by atoms with Gasteiger partial charge < -0.3 is 5.32 Å². The minimum Gasteiger partial charge on any atom is -0.323 e. The lowest BCUT2D eigenvalue weighted by Gasteiger charge is -2.03. The Balaban J connectivity index is 1.45. The van der Waals surface area contributed by atoms with E-state index in [0.717, 1.165) is 0 Å². The van der Waals surface area contributed by atoms with Crippen LogP contribution in [-0.4, -0.2) is 30.5 Å². The van der Waals surface area contributed by atoms with E-state index in [1.807, 2.05) is 36.5 Å². The van der Waals surface area contributed by atoms with Crippen molar-refractivity contribution in [3.63, 3.8) is 0 Å². The van der Waals surface area contributed by atoms with E-state index in [0.29, 0.717) is 31.6 Å². The normalized spacial score (nSPS) is 10.6. The zero-order chi connectivity index (χ0) is 15.9. The second-order valence-electron chi connectivity index (χ2n) is 5.22. The van der Waals surface area contributed by atoms with Crippen molar-refractivity contribution in [2.24, 2.45) is 0 Å². The van der Waals surface area contributed by atoms with Gasteiger partial charge in [0.25, 0.3) is 0 Å². The number of hydrogen-bond acceptors (Lipinski definition) is 4. The number of hydrogen-bond donors (Lipinski definition) is 1. The van der Waals surface area contributed by atoms with Gasteiger partial charge in [0.05, 0.1) is 18.4 Å². The predicted octanol–water partition coefficient (Wildman–Crippen LogP) is 1.94. The number of rotatable bonds is 7. The molecule has 7 heteroatoms. The molecule has 0 unspecified atom stereocenters. The molecule has 0 aliphatic rings. The average molecular weight is 310 g/mol. The summed E-state index contributed by atoms with van der Waals surface area (Å²) in [5.41, 5.74) is 1.88. The molecule has 0 radical (unpaired) electrons. The molecule has 3 aromatic rings. The van der Waals surface area contributed by atoms with Crippen LogP contribution >= 0.6 is 0 Å². The molecule has 0 saturated heterocycles. The first kappa shape index (κ1) is 15.0. The summed E-state index contributed by atoms with van der Waals surface area (Å²) in [6.45, 7) is 1.36. The molecule has 0 fully saturated rings. The number of aromatic nitrogens is 5. The molecule has 2 aromatic heterocycles. The molecule has 1 amide bonds. The van der Waals surface area contributed by atoms with Crippen LogP contribution in [0.1, 0.15) is 18.4 Å². The highest BCUT2D eigenvalue weighted by atomic mass is 16.1. The largest absolute Gasteiger partial charge is 0.323 e. The summed E-state index contributed by atoms with van der Waals surface area (Å²) in [5, 5.41) is 11.1. The molecule has 23 heavy (non-hydrogen) atoms. The summed E-state index contributed by atoms with van der Waals surface area (Å²) in [4.78, 5) is 15.8. The van der Waals surface area contributed by atoms with E-state index in [1.165, 1.54) is 11.9 Å². The zero-order valence-corrected chi connectivity index (χ0v) is 12.7. The first-order valence-corrected chi connectivity index (χ1v) is 7.48. The van der Waals surface area contributed by atoms with E-state index in [2.05, 4.69) is 20.5 Å². The number of aryl methyl sites for hydroxylation is 1. The molecule has 1 N–H and O–H groups in total. The second-order valence-corrected chi connectivity index (χ2v) is 5.22. The third kappa shape index (κ3) is 4.50. The molecule has 0 atom stereocenters. The Kier molecular flexibility index (Phi) is 4.78. The van der Waals surface area contributed by atoms with Gasteiger partial charge in [0.1, 0.15) is 12.7 Å². The Hall–Kier alpha value is -2.96. The number of nitrogens with one attached hydrogen (secondary N) is 1. The molecule has 0 aliphatic heterocycles. The van der Waals surface area contributed by atoms with Gasteiger partial charge in [0.15, 0.2) is 0 Å². The van der Waals surface area contributed by atoms with E-state index in [9.17, 15) is 4.79 Å². The van der Waals surface area contributed by atoms with Crippen LogP contribution in [0.15, 0.2) is 55.4 Å². The molecule has 0 bridgehead atoms. The van der Waals surface area contributed by atoms with Crippen LogP contribution in [0, 0.1) is 0 Å². The SMILES string of the molecule is O=C(CCCn1cncn1)Nc1cnn(Cc2ccccc2)c1. The lowest BCUT2D eigenvalue weighted by molar-refractivity contribution is -0.116. The van der Waals surface area contributed by atoms with Gasteiger partial charge in [0.2, 0.25) is 5.91 Å². The summed E-state index contributed by atoms with van der Waals surface area (Å²) in [6.07, 6.45) is 7.78. The lowest BCUT2D eigenvalue weighted by atomic mass is 10.2. The zero-order valence-electron chi connectivity index (χ0n) is 12.7. The van der Waals surface area contributed by atoms with Crippen LogP contribution < -0.4 is 5.32 Å². The van der Waals surface area contributed by atoms with Gasteiger partial charge in [-0.25, -0.2) is 4.98 Å². The Morgan fingerprint density at radius 1 is 1.13 bits per heavy atom. The standard InChI is InChI=1S/C16H18N6O/c23-16(7-4-8-21-13-17-12-19-21)20-15-9-18-22(11-15)10-14-5-2-1-3-6-14/h1-3,5-6,9,11-13H,4,7-8,10H2,(H,20,23). The number of amides is 1. The van der Waals surface area contributed by atoms with Crippen LogP contribution in [-0.2, 0) is 17.9 Å². The number of anilines is 1. The maximum Gasteiger partial charge on any atom is 0.224 e. The van der Waals surface area contributed by atoms with Gasteiger partial charge in [-0.15, -0.1) is 0 Å². The Morgan fingerprint density at radius 3 is 2.78 bits per heavy atom. The highest BCUT2D eigenvalue weighted by Crippen LogP contribution is 2.09. The van der Waals surface area contributed by atoms with Crippen LogP contribution in [0.25, 0.3) is 0 Å². The molecule has 118 valence electrons. The third-order valence-corrected chi connectivity index (χ3v) is 3.36. The molecule has 0 spiro atoms. The second kappa shape index (κ2) is 7.35. The Labute approximate surface area is 134 Å². The highest BCUT2D eigenvalue weighted by Gasteiger charge is 2.05. The molecule has 0 saturated carbocycles. The van der Waals surface area contributed by atoms with Gasteiger partial charge in [-0.05, 0) is 12.0 Å². The number of carbonyl (C=O) groups is 1. The van der Waals surface area contributed by atoms with Crippen LogP contribution in [0.5, 0.6) is 0 Å². The van der Waals surface area contributed by atoms with Crippen molar-refractivity contribution in [2.45, 2.75) is 25.9 Å². The summed E-state index contributed by atoms with van der Waals surface area (Å²) >= 11 is 0. The Morgan fingerprint density at radius 2 is 2.00 bits per heavy atom. The van der Waals surface area contributed by atoms with Crippen molar-refractivity contribution in [1.29, 1.82) is 0 Å². The fraction of sp³-hybridized carbons (Fsp3) is 0.250. The lowest BCUT2D eigenvalue weighted by Crippen LogP contribution is -2.12. The Bertz CT molecular complexity index is 735. The van der Waals surface area contributed by atoms with Crippen molar-refractivity contribution in [2.75, 3.05) is 5.32 Å². The minimum absolute atomic E-state index is 0.0237. The molecular weight excluding hydrogens is 292 g/mol. The average Bonchev–Trinajstić information content (AvgIpc) is 3.21. The fourth-order valence-corrected chi connectivity index (χ4v) is 2.26. The maximum absolute atomic E-state index is 11.9. The predicted molar refractivity (Wildman–Crippen MR) is 85.7 cm³/mol. The monoisotopic (exact) mass is 310 g/mol. The van der Waals surface area contributed by atoms with Gasteiger partial charge in [-0.3, -0.25) is 14.2 Å². The molecule has 1 aromatic carbocycles. The van der Waals surface area contributed by atoms with Crippen molar-refractivity contribution < 1.29 is 4.79 Å². The molecule has 7 nitrogen and oxygen atoms in total. The van der Waals surface area contributed by atoms with E-state index in [1.54, 1.807) is 21.9 Å². The number of carbonyl (C=O) groups excluding carboxylic acids is 1. The molecular formula is C16H18N6O. The maximum atomic E-state index is 11.9. The van der Waals surface area contributed by atoms with Crippen molar-refractivity contribution >= 4 is 11.6 Å². The highest BCUT2D eigenvalue weighted by molar-refractivity contribution is 5.90. The first-order valence-electron chi connectivity index (χ1n) is 7.48. The van der Waals surface area contributed by atoms with E-state index >= 15 is 0 Å². The smallest absolute Gasteiger partial charge is 0.224 e. The van der Waals surface area contributed by atoms with Gasteiger partial charge in [-0.1, -0.05) is 30.3 Å². The number of benzene rings is 1. The van der Waals surface area contributed by atoms with Gasteiger partial charge in [0, 0.05) is 19.2 Å². The summed E-state index contributed by atoms with van der Waals surface area (Å²) in [7, 11) is 0. The third-order valence-electron chi connectivity index (χ3n) is 3.36. The van der Waals surface area contributed by atoms with Crippen molar-refractivity contribution in [3.05, 3.63) is 60.9 Å². The van der Waals surface area contributed by atoms with Crippen LogP contribution in [0.2, 0.25) is 0 Å². The number of nitrogens with zero attached hydrogens (tertiary/aromatic N) is 5. The summed E-state index contributed by atoms with van der Waals surface area (Å²) < 4.78 is 3.52. The van der Waals surface area contributed by atoms with E-state index in [-0.39, 0.29) is 5.91 Å². The minimum atomic E-state index is -0.0237. The van der Waals surface area contributed by atoms with Crippen molar-refractivity contribution in [1.82, 2.24) is 24.5 Å². The van der Waals surface area contributed by atoms with E-state index < -0.39 is 0 Å². The quantitative estimate of drug-likeness (QED) is 0.723. The topological polar surface area (TPSA) is 77.6 Å².